The fourth-order valence-corrected chi connectivity index (χ4v) is 2.04. The first kappa shape index (κ1) is 13.9. The molecule has 1 aromatic heterocycles. The molecule has 0 spiro atoms. The third-order valence-electron chi connectivity index (χ3n) is 2.83. The lowest BCUT2D eigenvalue weighted by molar-refractivity contribution is 0.101. The molecular formula is C13H12ClN5O. The summed E-state index contributed by atoms with van der Waals surface area (Å²) in [5.41, 5.74) is 7.83. The molecule has 1 aromatic carbocycles. The molecule has 0 saturated heterocycles. The first-order valence-electron chi connectivity index (χ1n) is 5.74. The van der Waals surface area contributed by atoms with Crippen molar-refractivity contribution in [3.8, 4) is 6.07 Å². The molecule has 102 valence electrons. The van der Waals surface area contributed by atoms with Crippen molar-refractivity contribution >= 4 is 28.9 Å². The number of aromatic nitrogens is 2. The minimum Gasteiger partial charge on any atom is -0.395 e. The Balaban J connectivity index is 2.31. The van der Waals surface area contributed by atoms with Gasteiger partial charge in [0.1, 0.15) is 5.69 Å². The van der Waals surface area contributed by atoms with Crippen LogP contribution in [0.25, 0.3) is 0 Å². The number of anilines is 2. The minimum absolute atomic E-state index is 0.267. The van der Waals surface area contributed by atoms with E-state index in [0.717, 1.165) is 0 Å². The second-order valence-corrected chi connectivity index (χ2v) is 4.64. The maximum atomic E-state index is 12.2. The molecule has 0 aliphatic heterocycles. The molecule has 1 heterocycles. The molecule has 1 amide bonds. The van der Waals surface area contributed by atoms with Crippen LogP contribution in [0.1, 0.15) is 21.7 Å². The lowest BCUT2D eigenvalue weighted by atomic mass is 10.2. The van der Waals surface area contributed by atoms with Gasteiger partial charge in [-0.15, -0.1) is 0 Å². The van der Waals surface area contributed by atoms with E-state index in [4.69, 9.17) is 22.6 Å². The number of rotatable bonds is 2. The number of carbonyl (C=O) groups excluding carboxylic acids is 1. The van der Waals surface area contributed by atoms with Gasteiger partial charge in [-0.2, -0.15) is 10.4 Å². The van der Waals surface area contributed by atoms with Crippen LogP contribution in [0, 0.1) is 18.3 Å². The van der Waals surface area contributed by atoms with E-state index in [1.54, 1.807) is 26.1 Å². The zero-order chi connectivity index (χ0) is 14.9. The van der Waals surface area contributed by atoms with E-state index in [-0.39, 0.29) is 10.7 Å². The van der Waals surface area contributed by atoms with Crippen molar-refractivity contribution in [3.05, 3.63) is 40.2 Å². The summed E-state index contributed by atoms with van der Waals surface area (Å²) in [6, 6.07) is 6.59. The molecule has 0 fully saturated rings. The smallest absolute Gasteiger partial charge is 0.276 e. The second kappa shape index (κ2) is 5.23. The van der Waals surface area contributed by atoms with Crippen molar-refractivity contribution in [2.45, 2.75) is 6.92 Å². The monoisotopic (exact) mass is 289 g/mol. The zero-order valence-electron chi connectivity index (χ0n) is 10.9. The van der Waals surface area contributed by atoms with Gasteiger partial charge in [-0.1, -0.05) is 11.6 Å². The van der Waals surface area contributed by atoms with Gasteiger partial charge in [0, 0.05) is 7.05 Å². The first-order chi connectivity index (χ1) is 9.43. The highest BCUT2D eigenvalue weighted by Crippen LogP contribution is 2.24. The lowest BCUT2D eigenvalue weighted by Gasteiger charge is -2.08. The molecule has 6 nitrogen and oxygen atoms in total. The number of halogens is 1. The molecule has 2 aromatic rings. The fraction of sp³-hybridized carbons (Fsp3) is 0.154. The Bertz CT molecular complexity index is 729. The topological polar surface area (TPSA) is 96.7 Å². The molecule has 0 unspecified atom stereocenters. The Labute approximate surface area is 120 Å². The maximum Gasteiger partial charge on any atom is 0.276 e. The summed E-state index contributed by atoms with van der Waals surface area (Å²) in [7, 11) is 1.64. The van der Waals surface area contributed by atoms with Crippen molar-refractivity contribution in [1.29, 1.82) is 5.26 Å². The van der Waals surface area contributed by atoms with Crippen LogP contribution in [0.2, 0.25) is 5.02 Å². The summed E-state index contributed by atoms with van der Waals surface area (Å²) in [6.07, 6.45) is 0. The minimum atomic E-state index is -0.405. The van der Waals surface area contributed by atoms with Gasteiger partial charge >= 0.3 is 0 Å². The van der Waals surface area contributed by atoms with Gasteiger partial charge in [-0.25, -0.2) is 0 Å². The van der Waals surface area contributed by atoms with Gasteiger partial charge in [0.25, 0.3) is 5.91 Å². The molecular weight excluding hydrogens is 278 g/mol. The van der Waals surface area contributed by atoms with Crippen molar-refractivity contribution in [1.82, 2.24) is 9.78 Å². The van der Waals surface area contributed by atoms with Crippen molar-refractivity contribution in [2.24, 2.45) is 7.05 Å². The van der Waals surface area contributed by atoms with Crippen molar-refractivity contribution in [3.63, 3.8) is 0 Å². The zero-order valence-corrected chi connectivity index (χ0v) is 11.7. The Morgan fingerprint density at radius 1 is 1.55 bits per heavy atom. The Morgan fingerprint density at radius 3 is 2.75 bits per heavy atom. The lowest BCUT2D eigenvalue weighted by Crippen LogP contribution is -2.17. The number of nitrogen functional groups attached to an aromatic ring is 1. The van der Waals surface area contributed by atoms with Gasteiger partial charge < -0.3 is 11.1 Å². The number of nitrogens with zero attached hydrogens (tertiary/aromatic N) is 3. The fourth-order valence-electron chi connectivity index (χ4n) is 1.81. The number of nitrogens with two attached hydrogens (primary N) is 1. The van der Waals surface area contributed by atoms with Crippen LogP contribution in [0.5, 0.6) is 0 Å². The van der Waals surface area contributed by atoms with Gasteiger partial charge in [0.05, 0.1) is 33.7 Å². The summed E-state index contributed by atoms with van der Waals surface area (Å²) < 4.78 is 1.41. The molecule has 0 radical (unpaired) electrons. The highest BCUT2D eigenvalue weighted by atomic mass is 35.5. The van der Waals surface area contributed by atoms with Crippen molar-refractivity contribution in [2.75, 3.05) is 11.1 Å². The summed E-state index contributed by atoms with van der Waals surface area (Å²) >= 11 is 6.00. The molecule has 2 rings (SSSR count). The first-order valence-corrected chi connectivity index (χ1v) is 6.12. The van der Waals surface area contributed by atoms with Crippen molar-refractivity contribution < 1.29 is 4.79 Å². The van der Waals surface area contributed by atoms with Crippen LogP contribution in [0.3, 0.4) is 0 Å². The molecule has 7 heteroatoms. The quantitative estimate of drug-likeness (QED) is 0.884. The van der Waals surface area contributed by atoms with Crippen LogP contribution in [0.4, 0.5) is 11.4 Å². The van der Waals surface area contributed by atoms with E-state index in [2.05, 4.69) is 10.4 Å². The Hall–Kier alpha value is -2.52. The molecule has 0 saturated carbocycles. The SMILES string of the molecule is Cc1nn(C)c(C(=O)Nc2ccc(C#N)cc2Cl)c1N. The maximum absolute atomic E-state index is 12.2. The Kier molecular flexibility index (Phi) is 3.63. The number of amides is 1. The molecule has 0 aliphatic carbocycles. The largest absolute Gasteiger partial charge is 0.395 e. The van der Waals surface area contributed by atoms with Crippen LogP contribution in [0.15, 0.2) is 18.2 Å². The second-order valence-electron chi connectivity index (χ2n) is 4.23. The average Bonchev–Trinajstić information content (AvgIpc) is 2.65. The van der Waals surface area contributed by atoms with E-state index in [9.17, 15) is 4.79 Å². The number of nitrogens with one attached hydrogen (secondary N) is 1. The third-order valence-corrected chi connectivity index (χ3v) is 3.14. The molecule has 20 heavy (non-hydrogen) atoms. The predicted molar refractivity (Wildman–Crippen MR) is 76.5 cm³/mol. The number of nitriles is 1. The number of benzene rings is 1. The van der Waals surface area contributed by atoms with Crippen LogP contribution >= 0.6 is 11.6 Å². The summed E-state index contributed by atoms with van der Waals surface area (Å²) in [5.74, 6) is -0.405. The molecule has 0 aliphatic rings. The molecule has 3 N–H and O–H groups in total. The van der Waals surface area contributed by atoms with E-state index >= 15 is 0 Å². The summed E-state index contributed by atoms with van der Waals surface area (Å²) in [5, 5.41) is 15.8. The van der Waals surface area contributed by atoms with Crippen LogP contribution in [-0.2, 0) is 7.05 Å². The third kappa shape index (κ3) is 2.44. The van der Waals surface area contributed by atoms with Gasteiger partial charge in [0.15, 0.2) is 0 Å². The van der Waals surface area contributed by atoms with Crippen LogP contribution < -0.4 is 11.1 Å². The van der Waals surface area contributed by atoms with E-state index in [0.29, 0.717) is 22.6 Å². The Morgan fingerprint density at radius 2 is 2.25 bits per heavy atom. The number of hydrogen-bond acceptors (Lipinski definition) is 4. The predicted octanol–water partition coefficient (Wildman–Crippen LogP) is 2.09. The number of aryl methyl sites for hydroxylation is 2. The number of hydrogen-bond donors (Lipinski definition) is 2. The van der Waals surface area contributed by atoms with E-state index in [1.807, 2.05) is 6.07 Å². The average molecular weight is 290 g/mol. The highest BCUT2D eigenvalue weighted by molar-refractivity contribution is 6.34. The van der Waals surface area contributed by atoms with Crippen LogP contribution in [-0.4, -0.2) is 15.7 Å². The van der Waals surface area contributed by atoms with Gasteiger partial charge in [0.2, 0.25) is 0 Å². The van der Waals surface area contributed by atoms with E-state index in [1.165, 1.54) is 10.7 Å². The normalized spacial score (nSPS) is 10.1. The van der Waals surface area contributed by atoms with Gasteiger partial charge in [-0.3, -0.25) is 9.48 Å². The number of carbonyl (C=O) groups is 1. The highest BCUT2D eigenvalue weighted by Gasteiger charge is 2.18. The summed E-state index contributed by atoms with van der Waals surface area (Å²) in [6.45, 7) is 1.72. The standard InChI is InChI=1S/C13H12ClN5O/c1-7-11(16)12(19(2)18-7)13(20)17-10-4-3-8(6-15)5-9(10)14/h3-5H,16H2,1-2H3,(H,17,20). The molecule has 0 atom stereocenters. The summed E-state index contributed by atoms with van der Waals surface area (Å²) in [4.78, 5) is 12.2. The van der Waals surface area contributed by atoms with E-state index < -0.39 is 5.91 Å². The molecule has 0 bridgehead atoms. The van der Waals surface area contributed by atoms with Gasteiger partial charge in [-0.05, 0) is 25.1 Å².